The Bertz CT molecular complexity index is 798. The van der Waals surface area contributed by atoms with Crippen molar-refractivity contribution < 1.29 is 4.79 Å². The molecule has 0 saturated carbocycles. The molecule has 0 fully saturated rings. The lowest BCUT2D eigenvalue weighted by Gasteiger charge is -2.08. The molecule has 0 aliphatic carbocycles. The van der Waals surface area contributed by atoms with Gasteiger partial charge < -0.3 is 5.32 Å². The third kappa shape index (κ3) is 2.21. The van der Waals surface area contributed by atoms with Gasteiger partial charge in [-0.15, -0.1) is 0 Å². The van der Waals surface area contributed by atoms with Crippen LogP contribution in [-0.2, 0) is 0 Å². The number of halogens is 1. The maximum absolute atomic E-state index is 12.3. The Morgan fingerprint density at radius 2 is 2.20 bits per heavy atom. The van der Waals surface area contributed by atoms with Crippen molar-refractivity contribution in [2.45, 2.75) is 6.92 Å². The van der Waals surface area contributed by atoms with Gasteiger partial charge >= 0.3 is 0 Å². The third-order valence-corrected chi connectivity index (χ3v) is 3.11. The number of nitrogens with one attached hydrogen (secondary N) is 1. The van der Waals surface area contributed by atoms with Crippen LogP contribution in [0.4, 0.5) is 5.69 Å². The van der Waals surface area contributed by atoms with Gasteiger partial charge in [0.2, 0.25) is 0 Å². The van der Waals surface area contributed by atoms with Gasteiger partial charge in [0.25, 0.3) is 11.7 Å². The largest absolute Gasteiger partial charge is 0.322 e. The van der Waals surface area contributed by atoms with Crippen molar-refractivity contribution in [3.63, 3.8) is 0 Å². The van der Waals surface area contributed by atoms with Crippen molar-refractivity contribution in [1.82, 2.24) is 19.6 Å². The molecule has 0 spiro atoms. The van der Waals surface area contributed by atoms with E-state index in [1.54, 1.807) is 31.2 Å². The normalized spacial score (nSPS) is 10.7. The highest BCUT2D eigenvalue weighted by Crippen LogP contribution is 2.16. The van der Waals surface area contributed by atoms with Crippen LogP contribution in [0.2, 0.25) is 5.02 Å². The van der Waals surface area contributed by atoms with Gasteiger partial charge in [-0.2, -0.15) is 10.1 Å². The van der Waals surface area contributed by atoms with Gasteiger partial charge in [0.05, 0.1) is 11.3 Å². The first-order chi connectivity index (χ1) is 9.65. The van der Waals surface area contributed by atoms with Crippen LogP contribution in [0.5, 0.6) is 0 Å². The average Bonchev–Trinajstić information content (AvgIpc) is 2.88. The second-order valence-corrected chi connectivity index (χ2v) is 4.63. The topological polar surface area (TPSA) is 72.2 Å². The molecule has 1 amide bonds. The van der Waals surface area contributed by atoms with E-state index in [2.05, 4.69) is 20.4 Å². The lowest BCUT2D eigenvalue weighted by molar-refractivity contribution is 0.102. The lowest BCUT2D eigenvalue weighted by atomic mass is 10.2. The monoisotopic (exact) mass is 287 g/mol. The summed E-state index contributed by atoms with van der Waals surface area (Å²) < 4.78 is 1.52. The van der Waals surface area contributed by atoms with Gasteiger partial charge in [0.1, 0.15) is 6.33 Å². The maximum atomic E-state index is 12.3. The summed E-state index contributed by atoms with van der Waals surface area (Å²) >= 11 is 5.88. The molecule has 2 heterocycles. The highest BCUT2D eigenvalue weighted by Gasteiger charge is 2.13. The fourth-order valence-corrected chi connectivity index (χ4v) is 2.07. The summed E-state index contributed by atoms with van der Waals surface area (Å²) in [6.07, 6.45) is 2.88. The van der Waals surface area contributed by atoms with Gasteiger partial charge in [-0.25, -0.2) is 9.50 Å². The number of benzene rings is 1. The van der Waals surface area contributed by atoms with E-state index in [-0.39, 0.29) is 5.91 Å². The second kappa shape index (κ2) is 4.90. The lowest BCUT2D eigenvalue weighted by Crippen LogP contribution is -2.16. The van der Waals surface area contributed by atoms with Crippen LogP contribution in [0.15, 0.2) is 36.8 Å². The molecule has 20 heavy (non-hydrogen) atoms. The number of nitrogens with zero attached hydrogens (tertiary/aromatic N) is 4. The smallest absolute Gasteiger partial charge is 0.259 e. The van der Waals surface area contributed by atoms with E-state index < -0.39 is 0 Å². The molecule has 0 atom stereocenters. The Kier molecular flexibility index (Phi) is 3.08. The molecule has 1 N–H and O–H groups in total. The number of aryl methyl sites for hydroxylation is 1. The summed E-state index contributed by atoms with van der Waals surface area (Å²) in [6.45, 7) is 1.79. The van der Waals surface area contributed by atoms with Gasteiger partial charge in [0, 0.05) is 16.9 Å². The van der Waals surface area contributed by atoms with E-state index in [9.17, 15) is 4.79 Å². The van der Waals surface area contributed by atoms with Crippen LogP contribution >= 0.6 is 11.6 Å². The van der Waals surface area contributed by atoms with Crippen LogP contribution in [0.3, 0.4) is 0 Å². The number of carbonyl (C=O) groups excluding carboxylic acids is 1. The fourth-order valence-electron chi connectivity index (χ4n) is 1.88. The van der Waals surface area contributed by atoms with Crippen molar-refractivity contribution in [3.8, 4) is 0 Å². The summed E-state index contributed by atoms with van der Waals surface area (Å²) in [6, 6.07) is 6.95. The minimum atomic E-state index is -0.269. The molecule has 0 saturated heterocycles. The van der Waals surface area contributed by atoms with Crippen molar-refractivity contribution >= 4 is 29.0 Å². The van der Waals surface area contributed by atoms with Gasteiger partial charge in [-0.3, -0.25) is 4.79 Å². The SMILES string of the molecule is Cc1c(C(=O)Nc2cccc(Cl)c2)cnc2ncnn12. The van der Waals surface area contributed by atoms with E-state index in [1.807, 2.05) is 0 Å². The Morgan fingerprint density at radius 1 is 1.35 bits per heavy atom. The zero-order valence-electron chi connectivity index (χ0n) is 10.5. The predicted octanol–water partition coefficient (Wildman–Crippen LogP) is 2.34. The number of hydrogen-bond acceptors (Lipinski definition) is 4. The number of fused-ring (bicyclic) bond motifs is 1. The van der Waals surface area contributed by atoms with Crippen LogP contribution in [-0.4, -0.2) is 25.5 Å². The summed E-state index contributed by atoms with van der Waals surface area (Å²) in [7, 11) is 0. The number of aromatic nitrogens is 4. The van der Waals surface area contributed by atoms with Crippen molar-refractivity contribution in [2.24, 2.45) is 0 Å². The van der Waals surface area contributed by atoms with E-state index >= 15 is 0 Å². The van der Waals surface area contributed by atoms with E-state index in [0.29, 0.717) is 27.7 Å². The summed E-state index contributed by atoms with van der Waals surface area (Å²) in [5.41, 5.74) is 1.73. The molecular weight excluding hydrogens is 278 g/mol. The van der Waals surface area contributed by atoms with Crippen LogP contribution < -0.4 is 5.32 Å². The standard InChI is InChI=1S/C13H10ClN5O/c1-8-11(6-15-13-16-7-17-19(8)13)12(20)18-10-4-2-3-9(14)5-10/h2-7H,1H3,(H,18,20). The van der Waals surface area contributed by atoms with Gasteiger partial charge in [-0.05, 0) is 25.1 Å². The quantitative estimate of drug-likeness (QED) is 0.785. The Morgan fingerprint density at radius 3 is 3.00 bits per heavy atom. The summed E-state index contributed by atoms with van der Waals surface area (Å²) in [5.74, 6) is 0.191. The molecule has 0 aliphatic rings. The van der Waals surface area contributed by atoms with Crippen LogP contribution in [0.25, 0.3) is 5.78 Å². The highest BCUT2D eigenvalue weighted by atomic mass is 35.5. The van der Waals surface area contributed by atoms with Gasteiger partial charge in [0.15, 0.2) is 0 Å². The highest BCUT2D eigenvalue weighted by molar-refractivity contribution is 6.30. The molecule has 0 bridgehead atoms. The fraction of sp³-hybridized carbons (Fsp3) is 0.0769. The first kappa shape index (κ1) is 12.6. The van der Waals surface area contributed by atoms with Crippen molar-refractivity contribution in [1.29, 1.82) is 0 Å². The van der Waals surface area contributed by atoms with Crippen molar-refractivity contribution in [3.05, 3.63) is 53.1 Å². The molecule has 0 aliphatic heterocycles. The zero-order chi connectivity index (χ0) is 14.1. The number of amides is 1. The van der Waals surface area contributed by atoms with Crippen molar-refractivity contribution in [2.75, 3.05) is 5.32 Å². The molecule has 2 aromatic heterocycles. The van der Waals surface area contributed by atoms with E-state index in [0.717, 1.165) is 0 Å². The molecule has 0 radical (unpaired) electrons. The molecular formula is C13H10ClN5O. The minimum absolute atomic E-state index is 0.269. The molecule has 7 heteroatoms. The van der Waals surface area contributed by atoms with Gasteiger partial charge in [-0.1, -0.05) is 17.7 Å². The van der Waals surface area contributed by atoms with Crippen LogP contribution in [0, 0.1) is 6.92 Å². The Hall–Kier alpha value is -2.47. The summed E-state index contributed by atoms with van der Waals surface area (Å²) in [4.78, 5) is 20.3. The number of carbonyl (C=O) groups is 1. The molecule has 3 aromatic rings. The minimum Gasteiger partial charge on any atom is -0.322 e. The third-order valence-electron chi connectivity index (χ3n) is 2.87. The first-order valence-electron chi connectivity index (χ1n) is 5.87. The van der Waals surface area contributed by atoms with E-state index in [4.69, 9.17) is 11.6 Å². The average molecular weight is 288 g/mol. The Balaban J connectivity index is 1.94. The second-order valence-electron chi connectivity index (χ2n) is 4.19. The number of anilines is 1. The number of hydrogen-bond donors (Lipinski definition) is 1. The predicted molar refractivity (Wildman–Crippen MR) is 74.9 cm³/mol. The molecule has 0 unspecified atom stereocenters. The van der Waals surface area contributed by atoms with Crippen LogP contribution in [0.1, 0.15) is 16.1 Å². The molecule has 3 rings (SSSR count). The zero-order valence-corrected chi connectivity index (χ0v) is 11.3. The molecule has 6 nitrogen and oxygen atoms in total. The number of rotatable bonds is 2. The molecule has 100 valence electrons. The first-order valence-corrected chi connectivity index (χ1v) is 6.25. The molecule has 1 aromatic carbocycles. The Labute approximate surface area is 119 Å². The van der Waals surface area contributed by atoms with E-state index in [1.165, 1.54) is 17.0 Å². The maximum Gasteiger partial charge on any atom is 0.259 e. The summed E-state index contributed by atoms with van der Waals surface area (Å²) in [5, 5.41) is 7.36.